The molecule has 4 unspecified atom stereocenters. The minimum atomic E-state index is -0.552. The van der Waals surface area contributed by atoms with Crippen molar-refractivity contribution in [2.24, 2.45) is 11.8 Å². The molecular weight excluding hydrogens is 176 g/mol. The van der Waals surface area contributed by atoms with Gasteiger partial charge in [0.25, 0.3) is 0 Å². The average molecular weight is 202 g/mol. The van der Waals surface area contributed by atoms with Crippen LogP contribution in [0.3, 0.4) is 0 Å². The van der Waals surface area contributed by atoms with Crippen molar-refractivity contribution in [3.8, 4) is 0 Å². The number of hydrogen-bond donors (Lipinski definition) is 2. The van der Waals surface area contributed by atoms with Crippen LogP contribution >= 0.6 is 0 Å². The van der Waals surface area contributed by atoms with Crippen molar-refractivity contribution in [3.05, 3.63) is 0 Å². The van der Waals surface area contributed by atoms with Crippen molar-refractivity contribution in [1.82, 2.24) is 0 Å². The van der Waals surface area contributed by atoms with Gasteiger partial charge in [-0.2, -0.15) is 0 Å². The lowest BCUT2D eigenvalue weighted by molar-refractivity contribution is -0.0256. The molecule has 2 nitrogen and oxygen atoms in total. The lowest BCUT2D eigenvalue weighted by atomic mass is 9.85. The zero-order chi connectivity index (χ0) is 11.1. The van der Waals surface area contributed by atoms with E-state index in [4.69, 9.17) is 0 Å². The standard InChI is InChI=1S/C12H26O2/c1-5-9(4)8-10(6-2)12(14)11(13)7-3/h9-14H,5-8H2,1-4H3. The van der Waals surface area contributed by atoms with E-state index in [1.54, 1.807) is 0 Å². The molecule has 0 amide bonds. The molecule has 0 aromatic carbocycles. The van der Waals surface area contributed by atoms with Crippen LogP contribution in [0.1, 0.15) is 53.4 Å². The number of hydrogen-bond acceptors (Lipinski definition) is 2. The largest absolute Gasteiger partial charge is 0.390 e. The van der Waals surface area contributed by atoms with Crippen LogP contribution in [0.2, 0.25) is 0 Å². The average Bonchev–Trinajstić information content (AvgIpc) is 2.23. The molecule has 0 fully saturated rings. The van der Waals surface area contributed by atoms with E-state index in [9.17, 15) is 10.2 Å². The molecular formula is C12H26O2. The predicted octanol–water partition coefficient (Wildman–Crippen LogP) is 2.58. The fraction of sp³-hybridized carbons (Fsp3) is 1.00. The Kier molecular flexibility index (Phi) is 7.20. The van der Waals surface area contributed by atoms with Gasteiger partial charge >= 0.3 is 0 Å². The molecule has 14 heavy (non-hydrogen) atoms. The minimum Gasteiger partial charge on any atom is -0.390 e. The van der Waals surface area contributed by atoms with Crippen molar-refractivity contribution in [2.75, 3.05) is 0 Å². The maximum atomic E-state index is 9.87. The summed E-state index contributed by atoms with van der Waals surface area (Å²) in [6.45, 7) is 8.36. The second kappa shape index (κ2) is 7.24. The third kappa shape index (κ3) is 4.43. The summed E-state index contributed by atoms with van der Waals surface area (Å²) in [6.07, 6.45) is 2.65. The first kappa shape index (κ1) is 13.9. The first-order chi connectivity index (χ1) is 6.56. The predicted molar refractivity (Wildman–Crippen MR) is 60.2 cm³/mol. The molecule has 2 N–H and O–H groups in total. The molecule has 0 aliphatic heterocycles. The van der Waals surface area contributed by atoms with E-state index in [1.165, 1.54) is 0 Å². The van der Waals surface area contributed by atoms with Crippen molar-refractivity contribution in [1.29, 1.82) is 0 Å². The smallest absolute Gasteiger partial charge is 0.0827 e. The fourth-order valence-electron chi connectivity index (χ4n) is 1.79. The molecule has 0 aromatic heterocycles. The normalized spacial score (nSPS) is 20.1. The third-order valence-electron chi connectivity index (χ3n) is 3.22. The summed E-state index contributed by atoms with van der Waals surface area (Å²) >= 11 is 0. The Morgan fingerprint density at radius 1 is 0.929 bits per heavy atom. The van der Waals surface area contributed by atoms with Crippen LogP contribution in [0, 0.1) is 11.8 Å². The Morgan fingerprint density at radius 3 is 1.86 bits per heavy atom. The number of aliphatic hydroxyl groups excluding tert-OH is 2. The molecule has 2 heteroatoms. The Hall–Kier alpha value is -0.0800. The van der Waals surface area contributed by atoms with Crippen LogP contribution in [-0.2, 0) is 0 Å². The van der Waals surface area contributed by atoms with Gasteiger partial charge in [0.05, 0.1) is 12.2 Å². The zero-order valence-corrected chi connectivity index (χ0v) is 10.0. The Labute approximate surface area is 88.3 Å². The molecule has 4 atom stereocenters. The summed E-state index contributed by atoms with van der Waals surface area (Å²) in [4.78, 5) is 0. The van der Waals surface area contributed by atoms with Crippen molar-refractivity contribution < 1.29 is 10.2 Å². The second-order valence-electron chi connectivity index (χ2n) is 4.38. The maximum Gasteiger partial charge on any atom is 0.0827 e. The highest BCUT2D eigenvalue weighted by Gasteiger charge is 2.24. The zero-order valence-electron chi connectivity index (χ0n) is 10.0. The van der Waals surface area contributed by atoms with E-state index < -0.39 is 12.2 Å². The first-order valence-corrected chi connectivity index (χ1v) is 5.92. The molecule has 0 heterocycles. The van der Waals surface area contributed by atoms with E-state index in [0.29, 0.717) is 12.3 Å². The van der Waals surface area contributed by atoms with E-state index in [1.807, 2.05) is 6.92 Å². The van der Waals surface area contributed by atoms with Gasteiger partial charge in [0, 0.05) is 0 Å². The lowest BCUT2D eigenvalue weighted by Gasteiger charge is -2.27. The molecule has 0 saturated carbocycles. The highest BCUT2D eigenvalue weighted by atomic mass is 16.3. The Morgan fingerprint density at radius 2 is 1.50 bits per heavy atom. The molecule has 0 aromatic rings. The Bertz CT molecular complexity index is 136. The monoisotopic (exact) mass is 202 g/mol. The molecule has 0 saturated heterocycles. The van der Waals surface area contributed by atoms with Crippen molar-refractivity contribution in [3.63, 3.8) is 0 Å². The fourth-order valence-corrected chi connectivity index (χ4v) is 1.79. The van der Waals surface area contributed by atoms with Crippen molar-refractivity contribution in [2.45, 2.75) is 65.6 Å². The van der Waals surface area contributed by atoms with Crippen LogP contribution in [-0.4, -0.2) is 22.4 Å². The van der Waals surface area contributed by atoms with Gasteiger partial charge in [0.1, 0.15) is 0 Å². The van der Waals surface area contributed by atoms with E-state index in [-0.39, 0.29) is 5.92 Å². The summed E-state index contributed by atoms with van der Waals surface area (Å²) in [5.74, 6) is 0.888. The van der Waals surface area contributed by atoms with Gasteiger partial charge in [-0.3, -0.25) is 0 Å². The third-order valence-corrected chi connectivity index (χ3v) is 3.22. The van der Waals surface area contributed by atoms with E-state index in [0.717, 1.165) is 19.3 Å². The summed E-state index contributed by atoms with van der Waals surface area (Å²) in [5.41, 5.74) is 0. The van der Waals surface area contributed by atoms with Crippen LogP contribution < -0.4 is 0 Å². The summed E-state index contributed by atoms with van der Waals surface area (Å²) in [7, 11) is 0. The molecule has 0 bridgehead atoms. The topological polar surface area (TPSA) is 40.5 Å². The quantitative estimate of drug-likeness (QED) is 0.666. The molecule has 86 valence electrons. The van der Waals surface area contributed by atoms with Crippen LogP contribution in [0.5, 0.6) is 0 Å². The maximum absolute atomic E-state index is 9.87. The van der Waals surface area contributed by atoms with Crippen molar-refractivity contribution >= 4 is 0 Å². The summed E-state index contributed by atoms with van der Waals surface area (Å²) in [6, 6.07) is 0. The molecule has 0 spiro atoms. The van der Waals surface area contributed by atoms with Gasteiger partial charge < -0.3 is 10.2 Å². The van der Waals surface area contributed by atoms with Crippen LogP contribution in [0.25, 0.3) is 0 Å². The van der Waals surface area contributed by atoms with Crippen LogP contribution in [0.15, 0.2) is 0 Å². The van der Waals surface area contributed by atoms with Crippen LogP contribution in [0.4, 0.5) is 0 Å². The minimum absolute atomic E-state index is 0.250. The lowest BCUT2D eigenvalue weighted by Crippen LogP contribution is -2.33. The number of rotatable bonds is 7. The summed E-state index contributed by atoms with van der Waals surface area (Å²) in [5, 5.41) is 19.4. The van der Waals surface area contributed by atoms with Gasteiger partial charge in [-0.25, -0.2) is 0 Å². The second-order valence-corrected chi connectivity index (χ2v) is 4.38. The van der Waals surface area contributed by atoms with E-state index in [2.05, 4.69) is 20.8 Å². The highest BCUT2D eigenvalue weighted by Crippen LogP contribution is 2.23. The molecule has 0 aliphatic carbocycles. The molecule has 0 radical (unpaired) electrons. The van der Waals surface area contributed by atoms with Gasteiger partial charge in [0.15, 0.2) is 0 Å². The van der Waals surface area contributed by atoms with Gasteiger partial charge in [-0.1, -0.05) is 40.5 Å². The first-order valence-electron chi connectivity index (χ1n) is 5.92. The van der Waals surface area contributed by atoms with Gasteiger partial charge in [-0.05, 0) is 24.7 Å². The summed E-state index contributed by atoms with van der Waals surface area (Å²) < 4.78 is 0. The SMILES string of the molecule is CCC(C)CC(CC)C(O)C(O)CC. The Balaban J connectivity index is 4.11. The van der Waals surface area contributed by atoms with E-state index >= 15 is 0 Å². The van der Waals surface area contributed by atoms with Gasteiger partial charge in [-0.15, -0.1) is 0 Å². The van der Waals surface area contributed by atoms with Gasteiger partial charge in [0.2, 0.25) is 0 Å². The highest BCUT2D eigenvalue weighted by molar-refractivity contribution is 4.75. The number of aliphatic hydroxyl groups is 2. The molecule has 0 aliphatic rings. The molecule has 0 rings (SSSR count).